The van der Waals surface area contributed by atoms with Crippen molar-refractivity contribution in [1.82, 2.24) is 4.98 Å². The van der Waals surface area contributed by atoms with E-state index in [1.807, 2.05) is 0 Å². The lowest BCUT2D eigenvalue weighted by Gasteiger charge is -2.22. The number of pyridine rings is 1. The van der Waals surface area contributed by atoms with Crippen LogP contribution >= 0.6 is 0 Å². The summed E-state index contributed by atoms with van der Waals surface area (Å²) in [7, 11) is 0. The second-order valence-electron chi connectivity index (χ2n) is 6.90. The zero-order valence-corrected chi connectivity index (χ0v) is 16.9. The zero-order chi connectivity index (χ0) is 24.1. The average molecular weight is 462 g/mol. The molecule has 0 N–H and O–H groups in total. The van der Waals surface area contributed by atoms with Crippen molar-refractivity contribution in [3.05, 3.63) is 95.3 Å². The van der Waals surface area contributed by atoms with Crippen LogP contribution < -0.4 is 4.90 Å². The highest BCUT2D eigenvalue weighted by atomic mass is 19.4. The molecule has 170 valence electrons. The van der Waals surface area contributed by atoms with Crippen LogP contribution in [0.3, 0.4) is 0 Å². The second-order valence-corrected chi connectivity index (χ2v) is 6.90. The lowest BCUT2D eigenvalue weighted by molar-refractivity contribution is -0.143. The molecule has 0 spiro atoms. The third-order valence-corrected chi connectivity index (χ3v) is 4.58. The highest BCUT2D eigenvalue weighted by molar-refractivity contribution is 5.95. The van der Waals surface area contributed by atoms with Crippen molar-refractivity contribution in [2.75, 3.05) is 11.4 Å². The summed E-state index contributed by atoms with van der Waals surface area (Å²) in [6.45, 7) is -0.139. The number of halogens is 6. The molecule has 0 radical (unpaired) electrons. The first-order valence-corrected chi connectivity index (χ1v) is 9.57. The standard InChI is InChI=1S/C24H16F6N2O/c25-23(26,27)19-11-10-18(21(15-19)24(28,29)30)14-22(33)32(20-8-2-1-3-9-20)13-5-7-17-6-4-12-31-16-17/h1-4,6,8-12,15-16H,13-14H2. The Morgan fingerprint density at radius 3 is 2.24 bits per heavy atom. The minimum absolute atomic E-state index is 0.0255. The molecule has 0 saturated carbocycles. The Morgan fingerprint density at radius 2 is 1.64 bits per heavy atom. The summed E-state index contributed by atoms with van der Waals surface area (Å²) in [4.78, 5) is 18.1. The van der Waals surface area contributed by atoms with Crippen LogP contribution in [-0.4, -0.2) is 17.4 Å². The van der Waals surface area contributed by atoms with Gasteiger partial charge in [-0.05, 0) is 42.0 Å². The van der Waals surface area contributed by atoms with E-state index in [0.717, 1.165) is 0 Å². The zero-order valence-electron chi connectivity index (χ0n) is 16.9. The first kappa shape index (κ1) is 23.9. The number of para-hydroxylation sites is 1. The maximum Gasteiger partial charge on any atom is 0.416 e. The summed E-state index contributed by atoms with van der Waals surface area (Å²) >= 11 is 0. The summed E-state index contributed by atoms with van der Waals surface area (Å²) in [5.74, 6) is 4.85. The van der Waals surface area contributed by atoms with E-state index in [-0.39, 0.29) is 12.6 Å². The van der Waals surface area contributed by atoms with Crippen LogP contribution in [0.2, 0.25) is 0 Å². The Kier molecular flexibility index (Phi) is 7.07. The molecule has 33 heavy (non-hydrogen) atoms. The number of rotatable bonds is 4. The minimum Gasteiger partial charge on any atom is -0.300 e. The topological polar surface area (TPSA) is 33.2 Å². The number of hydrogen-bond donors (Lipinski definition) is 0. The second kappa shape index (κ2) is 9.77. The Morgan fingerprint density at radius 1 is 0.909 bits per heavy atom. The fourth-order valence-electron chi connectivity index (χ4n) is 3.02. The van der Waals surface area contributed by atoms with Gasteiger partial charge in [-0.3, -0.25) is 9.78 Å². The number of alkyl halides is 6. The molecule has 0 fully saturated rings. The number of aromatic nitrogens is 1. The maximum atomic E-state index is 13.5. The summed E-state index contributed by atoms with van der Waals surface area (Å²) in [6, 6.07) is 12.8. The molecule has 3 aromatic rings. The summed E-state index contributed by atoms with van der Waals surface area (Å²) in [5, 5.41) is 0. The predicted molar refractivity (Wildman–Crippen MR) is 110 cm³/mol. The van der Waals surface area contributed by atoms with Crippen molar-refractivity contribution in [2.45, 2.75) is 18.8 Å². The molecule has 0 aliphatic rings. The van der Waals surface area contributed by atoms with Gasteiger partial charge in [0.2, 0.25) is 5.91 Å². The van der Waals surface area contributed by atoms with Gasteiger partial charge in [-0.2, -0.15) is 26.3 Å². The van der Waals surface area contributed by atoms with Crippen molar-refractivity contribution < 1.29 is 31.1 Å². The molecule has 0 atom stereocenters. The predicted octanol–water partition coefficient (Wildman–Crippen LogP) is 5.75. The lowest BCUT2D eigenvalue weighted by Crippen LogP contribution is -2.33. The van der Waals surface area contributed by atoms with E-state index < -0.39 is 41.4 Å². The maximum absolute atomic E-state index is 13.5. The third kappa shape index (κ3) is 6.35. The molecular formula is C24H16F6N2O. The van der Waals surface area contributed by atoms with E-state index in [2.05, 4.69) is 16.8 Å². The molecule has 9 heteroatoms. The normalized spacial score (nSPS) is 11.5. The Balaban J connectivity index is 1.92. The van der Waals surface area contributed by atoms with Crippen LogP contribution in [0, 0.1) is 11.8 Å². The van der Waals surface area contributed by atoms with Gasteiger partial charge in [0.05, 0.1) is 24.1 Å². The first-order chi connectivity index (χ1) is 15.6. The number of carbonyl (C=O) groups is 1. The van der Waals surface area contributed by atoms with Crippen LogP contribution in [-0.2, 0) is 23.6 Å². The van der Waals surface area contributed by atoms with E-state index in [9.17, 15) is 31.1 Å². The van der Waals surface area contributed by atoms with Gasteiger partial charge >= 0.3 is 12.4 Å². The van der Waals surface area contributed by atoms with Crippen molar-refractivity contribution in [2.24, 2.45) is 0 Å². The smallest absolute Gasteiger partial charge is 0.300 e. The van der Waals surface area contributed by atoms with Crippen LogP contribution in [0.25, 0.3) is 0 Å². The van der Waals surface area contributed by atoms with Gasteiger partial charge in [0.25, 0.3) is 0 Å². The average Bonchev–Trinajstić information content (AvgIpc) is 2.76. The summed E-state index contributed by atoms with van der Waals surface area (Å²) in [5.41, 5.74) is -2.52. The van der Waals surface area contributed by atoms with E-state index in [4.69, 9.17) is 0 Å². The van der Waals surface area contributed by atoms with Crippen LogP contribution in [0.4, 0.5) is 32.0 Å². The fraction of sp³-hybridized carbons (Fsp3) is 0.167. The van der Waals surface area contributed by atoms with Gasteiger partial charge in [-0.25, -0.2) is 0 Å². The number of amides is 1. The monoisotopic (exact) mass is 462 g/mol. The number of nitrogens with zero attached hydrogens (tertiary/aromatic N) is 2. The number of carbonyl (C=O) groups excluding carboxylic acids is 1. The molecule has 1 aromatic heterocycles. The molecular weight excluding hydrogens is 446 g/mol. The van der Waals surface area contributed by atoms with Gasteiger partial charge in [0.1, 0.15) is 0 Å². The first-order valence-electron chi connectivity index (χ1n) is 9.57. The van der Waals surface area contributed by atoms with Gasteiger partial charge in [-0.1, -0.05) is 36.1 Å². The van der Waals surface area contributed by atoms with Gasteiger partial charge < -0.3 is 4.90 Å². The molecule has 0 bridgehead atoms. The van der Waals surface area contributed by atoms with Gasteiger partial charge in [0.15, 0.2) is 0 Å². The molecule has 0 saturated heterocycles. The van der Waals surface area contributed by atoms with E-state index in [1.165, 1.54) is 11.1 Å². The van der Waals surface area contributed by atoms with Crippen LogP contribution in [0.1, 0.15) is 22.3 Å². The highest BCUT2D eigenvalue weighted by Gasteiger charge is 2.38. The largest absolute Gasteiger partial charge is 0.416 e. The summed E-state index contributed by atoms with van der Waals surface area (Å²) < 4.78 is 79.1. The Labute approximate surface area is 185 Å². The van der Waals surface area contributed by atoms with Crippen molar-refractivity contribution >= 4 is 11.6 Å². The van der Waals surface area contributed by atoms with E-state index in [1.54, 1.807) is 48.7 Å². The number of benzene rings is 2. The fourth-order valence-corrected chi connectivity index (χ4v) is 3.02. The molecule has 2 aromatic carbocycles. The third-order valence-electron chi connectivity index (χ3n) is 4.58. The lowest BCUT2D eigenvalue weighted by atomic mass is 10.00. The summed E-state index contributed by atoms with van der Waals surface area (Å²) in [6.07, 6.45) is -7.68. The molecule has 3 nitrogen and oxygen atoms in total. The Hall–Kier alpha value is -3.80. The molecule has 1 heterocycles. The minimum atomic E-state index is -5.06. The molecule has 3 rings (SSSR count). The molecule has 0 aliphatic carbocycles. The quantitative estimate of drug-likeness (QED) is 0.366. The van der Waals surface area contributed by atoms with Crippen LogP contribution in [0.15, 0.2) is 73.1 Å². The molecule has 0 aliphatic heterocycles. The van der Waals surface area contributed by atoms with Gasteiger partial charge in [0, 0.05) is 23.6 Å². The van der Waals surface area contributed by atoms with Gasteiger partial charge in [-0.15, -0.1) is 0 Å². The van der Waals surface area contributed by atoms with Crippen LogP contribution in [0.5, 0.6) is 0 Å². The van der Waals surface area contributed by atoms with Crippen molar-refractivity contribution in [3.63, 3.8) is 0 Å². The molecule has 0 unspecified atom stereocenters. The van der Waals surface area contributed by atoms with E-state index >= 15 is 0 Å². The number of anilines is 1. The van der Waals surface area contributed by atoms with Crippen molar-refractivity contribution in [3.8, 4) is 11.8 Å². The SMILES string of the molecule is O=C(Cc1ccc(C(F)(F)F)cc1C(F)(F)F)N(CC#Cc1cccnc1)c1ccccc1. The van der Waals surface area contributed by atoms with E-state index in [0.29, 0.717) is 23.4 Å². The highest BCUT2D eigenvalue weighted by Crippen LogP contribution is 2.37. The van der Waals surface area contributed by atoms with Crippen molar-refractivity contribution in [1.29, 1.82) is 0 Å². The Bertz CT molecular complexity index is 1160. The molecule has 1 amide bonds. The number of hydrogen-bond acceptors (Lipinski definition) is 2.